The largest absolute Gasteiger partial charge is 0.399 e. The van der Waals surface area contributed by atoms with E-state index >= 15 is 0 Å². The highest BCUT2D eigenvalue weighted by atomic mass is 35.5. The van der Waals surface area contributed by atoms with Gasteiger partial charge in [-0.1, -0.05) is 47.5 Å². The molecule has 0 spiro atoms. The predicted molar refractivity (Wildman–Crippen MR) is 76.2 cm³/mol. The number of nitrogen functional groups attached to an aromatic ring is 1. The van der Waals surface area contributed by atoms with Crippen molar-refractivity contribution in [2.45, 2.75) is 0 Å². The molecule has 0 aromatic heterocycles. The topological polar surface area (TPSA) is 26.0 Å². The Morgan fingerprint density at radius 2 is 1.47 bits per heavy atom. The molecule has 17 heavy (non-hydrogen) atoms. The highest BCUT2D eigenvalue weighted by Crippen LogP contribution is 2.20. The van der Waals surface area contributed by atoms with Gasteiger partial charge < -0.3 is 5.73 Å². The van der Waals surface area contributed by atoms with Crippen molar-refractivity contribution in [3.8, 4) is 0 Å². The van der Waals surface area contributed by atoms with Gasteiger partial charge in [-0.25, -0.2) is 0 Å². The molecule has 2 aromatic carbocycles. The van der Waals surface area contributed by atoms with E-state index < -0.39 is 0 Å². The van der Waals surface area contributed by atoms with Crippen LogP contribution in [0.15, 0.2) is 42.5 Å². The summed E-state index contributed by atoms with van der Waals surface area (Å²) in [5, 5.41) is 1.26. The van der Waals surface area contributed by atoms with Crippen molar-refractivity contribution in [2.24, 2.45) is 0 Å². The molecule has 0 unspecified atom stereocenters. The van der Waals surface area contributed by atoms with Crippen molar-refractivity contribution < 1.29 is 0 Å². The van der Waals surface area contributed by atoms with Crippen LogP contribution in [0, 0.1) is 0 Å². The summed E-state index contributed by atoms with van der Waals surface area (Å²) < 4.78 is 0. The van der Waals surface area contributed by atoms with Gasteiger partial charge in [0.25, 0.3) is 0 Å². The lowest BCUT2D eigenvalue weighted by atomic mass is 10.1. The summed E-state index contributed by atoms with van der Waals surface area (Å²) in [6, 6.07) is 13.1. The molecule has 2 aromatic rings. The second-order valence-electron chi connectivity index (χ2n) is 3.71. The van der Waals surface area contributed by atoms with Crippen LogP contribution in [-0.4, -0.2) is 0 Å². The van der Waals surface area contributed by atoms with Crippen LogP contribution in [-0.2, 0) is 0 Å². The van der Waals surface area contributed by atoms with Crippen molar-refractivity contribution in [2.75, 3.05) is 5.73 Å². The number of anilines is 1. The summed E-state index contributed by atoms with van der Waals surface area (Å²) in [7, 11) is 0. The van der Waals surface area contributed by atoms with E-state index in [4.69, 9.17) is 28.9 Å². The molecule has 0 saturated heterocycles. The minimum absolute atomic E-state index is 0.629. The van der Waals surface area contributed by atoms with E-state index in [1.165, 1.54) is 0 Å². The number of halogens is 2. The molecular weight excluding hydrogens is 253 g/mol. The third kappa shape index (κ3) is 3.52. The summed E-state index contributed by atoms with van der Waals surface area (Å²) in [6.45, 7) is 0. The van der Waals surface area contributed by atoms with Crippen LogP contribution in [0.1, 0.15) is 11.1 Å². The standard InChI is InChI=1S/C14H11Cl2N/c15-12-6-11(7-13(16)9-12)5-4-10-2-1-3-14(17)8-10/h1-9H,17H2. The van der Waals surface area contributed by atoms with Crippen molar-refractivity contribution >= 4 is 41.0 Å². The fraction of sp³-hybridized carbons (Fsp3) is 0. The first-order chi connectivity index (χ1) is 8.13. The van der Waals surface area contributed by atoms with E-state index in [9.17, 15) is 0 Å². The average molecular weight is 264 g/mol. The molecule has 3 heteroatoms. The van der Waals surface area contributed by atoms with Crippen molar-refractivity contribution in [3.63, 3.8) is 0 Å². The molecule has 0 saturated carbocycles. The molecule has 2 rings (SSSR count). The molecule has 0 radical (unpaired) electrons. The molecule has 0 bridgehead atoms. The van der Waals surface area contributed by atoms with Crippen molar-refractivity contribution in [1.82, 2.24) is 0 Å². The maximum Gasteiger partial charge on any atom is 0.0426 e. The minimum atomic E-state index is 0.629. The quantitative estimate of drug-likeness (QED) is 0.615. The molecule has 0 heterocycles. The highest BCUT2D eigenvalue weighted by molar-refractivity contribution is 6.34. The van der Waals surface area contributed by atoms with Gasteiger partial charge in [0.15, 0.2) is 0 Å². The first-order valence-corrected chi connectivity index (χ1v) is 5.89. The third-order valence-electron chi connectivity index (χ3n) is 2.26. The smallest absolute Gasteiger partial charge is 0.0426 e. The van der Waals surface area contributed by atoms with E-state index in [0.717, 1.165) is 16.8 Å². The zero-order chi connectivity index (χ0) is 12.3. The Bertz CT molecular complexity index is 542. The highest BCUT2D eigenvalue weighted by Gasteiger charge is 1.95. The fourth-order valence-electron chi connectivity index (χ4n) is 1.53. The fourth-order valence-corrected chi connectivity index (χ4v) is 2.07. The molecule has 0 fully saturated rings. The molecular formula is C14H11Cl2N. The predicted octanol–water partition coefficient (Wildman–Crippen LogP) is 4.75. The Morgan fingerprint density at radius 1 is 0.824 bits per heavy atom. The lowest BCUT2D eigenvalue weighted by Gasteiger charge is -1.98. The van der Waals surface area contributed by atoms with Crippen LogP contribution in [0.5, 0.6) is 0 Å². The van der Waals surface area contributed by atoms with E-state index in [2.05, 4.69) is 0 Å². The van der Waals surface area contributed by atoms with E-state index in [-0.39, 0.29) is 0 Å². The second kappa shape index (κ2) is 5.26. The lowest BCUT2D eigenvalue weighted by Crippen LogP contribution is -1.83. The zero-order valence-corrected chi connectivity index (χ0v) is 10.5. The molecule has 86 valence electrons. The number of nitrogens with two attached hydrogens (primary N) is 1. The maximum atomic E-state index is 5.92. The van der Waals surface area contributed by atoms with Crippen LogP contribution >= 0.6 is 23.2 Å². The molecule has 0 aliphatic carbocycles. The normalized spacial score (nSPS) is 10.9. The minimum Gasteiger partial charge on any atom is -0.399 e. The summed E-state index contributed by atoms with van der Waals surface area (Å²) in [4.78, 5) is 0. The van der Waals surface area contributed by atoms with Gasteiger partial charge in [0, 0.05) is 15.7 Å². The van der Waals surface area contributed by atoms with Crippen LogP contribution < -0.4 is 5.73 Å². The molecule has 2 N–H and O–H groups in total. The summed E-state index contributed by atoms with van der Waals surface area (Å²) in [5.41, 5.74) is 8.45. The van der Waals surface area contributed by atoms with Gasteiger partial charge in [-0.15, -0.1) is 0 Å². The lowest BCUT2D eigenvalue weighted by molar-refractivity contribution is 1.63. The van der Waals surface area contributed by atoms with Gasteiger partial charge in [-0.3, -0.25) is 0 Å². The Morgan fingerprint density at radius 3 is 2.12 bits per heavy atom. The number of hydrogen-bond donors (Lipinski definition) is 1. The monoisotopic (exact) mass is 263 g/mol. The van der Waals surface area contributed by atoms with Crippen molar-refractivity contribution in [1.29, 1.82) is 0 Å². The number of rotatable bonds is 2. The van der Waals surface area contributed by atoms with Crippen molar-refractivity contribution in [3.05, 3.63) is 63.6 Å². The van der Waals surface area contributed by atoms with Gasteiger partial charge >= 0.3 is 0 Å². The Hall–Kier alpha value is -1.44. The summed E-state index contributed by atoms with van der Waals surface area (Å²) >= 11 is 11.8. The van der Waals surface area contributed by atoms with E-state index in [1.54, 1.807) is 6.07 Å². The third-order valence-corrected chi connectivity index (χ3v) is 2.70. The maximum absolute atomic E-state index is 5.92. The molecule has 0 amide bonds. The first-order valence-electron chi connectivity index (χ1n) is 5.13. The Kier molecular flexibility index (Phi) is 3.72. The van der Waals surface area contributed by atoms with Gasteiger partial charge in [-0.05, 0) is 41.5 Å². The van der Waals surface area contributed by atoms with Gasteiger partial charge in [0.05, 0.1) is 0 Å². The van der Waals surface area contributed by atoms with Crippen LogP contribution in [0.2, 0.25) is 10.0 Å². The summed E-state index contributed by atoms with van der Waals surface area (Å²) in [6.07, 6.45) is 3.92. The van der Waals surface area contributed by atoms with E-state index in [1.807, 2.05) is 48.6 Å². The number of hydrogen-bond acceptors (Lipinski definition) is 1. The Balaban J connectivity index is 2.25. The molecule has 0 atom stereocenters. The molecule has 1 nitrogen and oxygen atoms in total. The SMILES string of the molecule is Nc1cccc(C=Cc2cc(Cl)cc(Cl)c2)c1. The van der Waals surface area contributed by atoms with Crippen LogP contribution in [0.3, 0.4) is 0 Å². The Labute approximate surface area is 110 Å². The zero-order valence-electron chi connectivity index (χ0n) is 9.03. The second-order valence-corrected chi connectivity index (χ2v) is 4.58. The molecule has 0 aliphatic heterocycles. The first kappa shape index (κ1) is 12.0. The summed E-state index contributed by atoms with van der Waals surface area (Å²) in [5.74, 6) is 0. The van der Waals surface area contributed by atoms with Gasteiger partial charge in [0.1, 0.15) is 0 Å². The molecule has 0 aliphatic rings. The van der Waals surface area contributed by atoms with Gasteiger partial charge in [0.2, 0.25) is 0 Å². The van der Waals surface area contributed by atoms with E-state index in [0.29, 0.717) is 10.0 Å². The van der Waals surface area contributed by atoms with Crippen LogP contribution in [0.25, 0.3) is 12.2 Å². The number of benzene rings is 2. The average Bonchev–Trinajstić information content (AvgIpc) is 2.25. The van der Waals surface area contributed by atoms with Crippen LogP contribution in [0.4, 0.5) is 5.69 Å². The van der Waals surface area contributed by atoms with Gasteiger partial charge in [-0.2, -0.15) is 0 Å².